The maximum absolute atomic E-state index is 12.8. The first-order chi connectivity index (χ1) is 13.7. The van der Waals surface area contributed by atoms with Gasteiger partial charge in [0.25, 0.3) is 11.8 Å². The van der Waals surface area contributed by atoms with E-state index in [1.54, 1.807) is 6.92 Å². The fraction of sp³-hybridized carbons (Fsp3) is 0.0476. The molecule has 0 atom stereocenters. The lowest BCUT2D eigenvalue weighted by molar-refractivity contribution is 0.0723. The molecular formula is C21H13N3O4. The summed E-state index contributed by atoms with van der Waals surface area (Å²) in [6, 6.07) is 18.6. The van der Waals surface area contributed by atoms with E-state index in [2.05, 4.69) is 15.2 Å². The summed E-state index contributed by atoms with van der Waals surface area (Å²) in [5.74, 6) is 0.397. The lowest BCUT2D eigenvalue weighted by Gasteiger charge is -2.04. The van der Waals surface area contributed by atoms with Gasteiger partial charge in [-0.25, -0.2) is 9.78 Å². The molecule has 7 nitrogen and oxygen atoms in total. The van der Waals surface area contributed by atoms with Gasteiger partial charge < -0.3 is 13.6 Å². The zero-order valence-electron chi connectivity index (χ0n) is 14.7. The molecule has 3 heterocycles. The average molecular weight is 371 g/mol. The Hall–Kier alpha value is -4.00. The lowest BCUT2D eigenvalue weighted by atomic mass is 10.1. The van der Waals surface area contributed by atoms with Crippen LogP contribution in [-0.2, 0) is 0 Å². The van der Waals surface area contributed by atoms with Crippen molar-refractivity contribution in [1.29, 1.82) is 0 Å². The first-order valence-electron chi connectivity index (χ1n) is 8.59. The molecule has 2 aromatic carbocycles. The van der Waals surface area contributed by atoms with E-state index in [-0.39, 0.29) is 11.6 Å². The van der Waals surface area contributed by atoms with Gasteiger partial charge in [0.1, 0.15) is 11.1 Å². The first-order valence-corrected chi connectivity index (χ1v) is 8.59. The van der Waals surface area contributed by atoms with Crippen molar-refractivity contribution in [2.24, 2.45) is 0 Å². The Kier molecular flexibility index (Phi) is 3.65. The third-order valence-corrected chi connectivity index (χ3v) is 4.27. The van der Waals surface area contributed by atoms with Gasteiger partial charge in [0.05, 0.1) is 0 Å². The second kappa shape index (κ2) is 6.31. The molecule has 5 rings (SSSR count). The van der Waals surface area contributed by atoms with Crippen molar-refractivity contribution in [3.8, 4) is 28.7 Å². The topological polar surface area (TPSA) is 91.2 Å². The minimum Gasteiger partial charge on any atom is -0.440 e. The molecule has 28 heavy (non-hydrogen) atoms. The number of oxazole rings is 1. The maximum Gasteiger partial charge on any atom is 0.367 e. The fourth-order valence-electron chi connectivity index (χ4n) is 3.00. The minimum absolute atomic E-state index is 0.0640. The molecule has 136 valence electrons. The van der Waals surface area contributed by atoms with Crippen LogP contribution in [0.1, 0.15) is 16.4 Å². The lowest BCUT2D eigenvalue weighted by Crippen LogP contribution is -2.11. The molecule has 0 spiro atoms. The number of esters is 1. The molecule has 0 radical (unpaired) electrons. The molecule has 0 unspecified atom stereocenters. The zero-order chi connectivity index (χ0) is 19.1. The van der Waals surface area contributed by atoms with Gasteiger partial charge in [0.2, 0.25) is 0 Å². The van der Waals surface area contributed by atoms with Crippen LogP contribution < -0.4 is 4.74 Å². The van der Waals surface area contributed by atoms with Crippen molar-refractivity contribution < 1.29 is 18.4 Å². The Labute approximate surface area is 158 Å². The van der Waals surface area contributed by atoms with Gasteiger partial charge in [-0.1, -0.05) is 48.5 Å². The molecule has 0 aliphatic carbocycles. The van der Waals surface area contributed by atoms with E-state index in [1.807, 2.05) is 60.7 Å². The molecule has 0 bridgehead atoms. The van der Waals surface area contributed by atoms with Gasteiger partial charge >= 0.3 is 5.97 Å². The highest BCUT2D eigenvalue weighted by Crippen LogP contribution is 2.34. The van der Waals surface area contributed by atoms with Gasteiger partial charge in [0, 0.05) is 17.9 Å². The molecule has 0 N–H and O–H groups in total. The highest BCUT2D eigenvalue weighted by atomic mass is 16.5. The molecule has 0 amide bonds. The number of para-hydroxylation sites is 1. The van der Waals surface area contributed by atoms with Gasteiger partial charge in [-0.05, 0) is 12.1 Å². The quantitative estimate of drug-likeness (QED) is 0.431. The Morgan fingerprint density at radius 3 is 2.61 bits per heavy atom. The zero-order valence-corrected chi connectivity index (χ0v) is 14.7. The number of carbonyl (C=O) groups excluding carboxylic acids is 1. The van der Waals surface area contributed by atoms with E-state index >= 15 is 0 Å². The predicted octanol–water partition coefficient (Wildman–Crippen LogP) is 4.51. The van der Waals surface area contributed by atoms with Crippen molar-refractivity contribution in [3.63, 3.8) is 0 Å². The van der Waals surface area contributed by atoms with E-state index in [0.717, 1.165) is 10.9 Å². The number of hydrogen-bond acceptors (Lipinski definition) is 7. The predicted molar refractivity (Wildman–Crippen MR) is 100 cm³/mol. The highest BCUT2D eigenvalue weighted by Gasteiger charge is 2.26. The Bertz CT molecular complexity index is 1270. The summed E-state index contributed by atoms with van der Waals surface area (Å²) in [7, 11) is 0. The number of aryl methyl sites for hydroxylation is 1. The van der Waals surface area contributed by atoms with E-state index in [0.29, 0.717) is 28.7 Å². The summed E-state index contributed by atoms with van der Waals surface area (Å²) in [5.41, 5.74) is 1.99. The summed E-state index contributed by atoms with van der Waals surface area (Å²) < 4.78 is 16.8. The number of ether oxygens (including phenoxy) is 1. The van der Waals surface area contributed by atoms with Crippen LogP contribution in [0.5, 0.6) is 5.88 Å². The van der Waals surface area contributed by atoms with E-state index in [9.17, 15) is 4.79 Å². The SMILES string of the molecule is Cc1nc(C(=O)Oc2nnc3oc4ccccc4cc2-3)c(-c2ccccc2)o1. The second-order valence-corrected chi connectivity index (χ2v) is 6.17. The van der Waals surface area contributed by atoms with Crippen molar-refractivity contribution in [2.45, 2.75) is 6.92 Å². The van der Waals surface area contributed by atoms with Crippen LogP contribution in [0.3, 0.4) is 0 Å². The standard InChI is InChI=1S/C21H13N3O4/c1-12-22-17(18(26-12)13-7-3-2-4-8-13)21(25)28-20-15-11-14-9-5-6-10-16(14)27-19(15)23-24-20/h2-11H,1H3. The third-order valence-electron chi connectivity index (χ3n) is 4.27. The number of aromatic nitrogens is 3. The van der Waals surface area contributed by atoms with Gasteiger partial charge in [-0.3, -0.25) is 0 Å². The Balaban J connectivity index is 1.52. The van der Waals surface area contributed by atoms with Gasteiger partial charge in [-0.2, -0.15) is 0 Å². The van der Waals surface area contributed by atoms with Crippen molar-refractivity contribution in [2.75, 3.05) is 0 Å². The largest absolute Gasteiger partial charge is 0.440 e. The molecule has 7 heteroatoms. The van der Waals surface area contributed by atoms with E-state index < -0.39 is 5.97 Å². The van der Waals surface area contributed by atoms with Crippen molar-refractivity contribution >= 4 is 16.9 Å². The third kappa shape index (κ3) is 2.69. The maximum atomic E-state index is 12.8. The number of fused-ring (bicyclic) bond motifs is 2. The van der Waals surface area contributed by atoms with Crippen LogP contribution in [0.15, 0.2) is 69.5 Å². The summed E-state index contributed by atoms with van der Waals surface area (Å²) in [6.07, 6.45) is 0. The summed E-state index contributed by atoms with van der Waals surface area (Å²) in [4.78, 5) is 17.0. The molecule has 1 aromatic heterocycles. The van der Waals surface area contributed by atoms with Gasteiger partial charge in [-0.15, -0.1) is 10.2 Å². The normalized spacial score (nSPS) is 11.2. The van der Waals surface area contributed by atoms with Gasteiger partial charge in [0.15, 0.2) is 17.3 Å². The number of rotatable bonds is 3. The summed E-state index contributed by atoms with van der Waals surface area (Å²) in [6.45, 7) is 1.67. The molecule has 3 aromatic rings. The highest BCUT2D eigenvalue weighted by molar-refractivity contribution is 5.95. The molecule has 0 fully saturated rings. The van der Waals surface area contributed by atoms with Crippen LogP contribution in [0.4, 0.5) is 0 Å². The van der Waals surface area contributed by atoms with E-state index in [4.69, 9.17) is 13.6 Å². The monoisotopic (exact) mass is 371 g/mol. The van der Waals surface area contributed by atoms with Crippen LogP contribution in [0.2, 0.25) is 0 Å². The molecule has 2 aliphatic rings. The Morgan fingerprint density at radius 2 is 1.75 bits per heavy atom. The fourth-order valence-corrected chi connectivity index (χ4v) is 3.00. The Morgan fingerprint density at radius 1 is 0.964 bits per heavy atom. The van der Waals surface area contributed by atoms with Crippen molar-refractivity contribution in [1.82, 2.24) is 15.2 Å². The van der Waals surface area contributed by atoms with E-state index in [1.165, 1.54) is 0 Å². The number of hydrogen-bond donors (Lipinski definition) is 0. The first kappa shape index (κ1) is 16.2. The number of carbonyl (C=O) groups is 1. The summed E-state index contributed by atoms with van der Waals surface area (Å²) >= 11 is 0. The van der Waals surface area contributed by atoms with Crippen molar-refractivity contribution in [3.05, 3.63) is 72.2 Å². The van der Waals surface area contributed by atoms with Crippen LogP contribution in [0.25, 0.3) is 33.7 Å². The van der Waals surface area contributed by atoms with Crippen LogP contribution >= 0.6 is 0 Å². The second-order valence-electron chi connectivity index (χ2n) is 6.17. The summed E-state index contributed by atoms with van der Waals surface area (Å²) in [5, 5.41) is 8.76. The van der Waals surface area contributed by atoms with Crippen LogP contribution in [-0.4, -0.2) is 21.2 Å². The minimum atomic E-state index is -0.675. The average Bonchev–Trinajstić information content (AvgIpc) is 3.30. The number of benzene rings is 2. The number of nitrogens with zero attached hydrogens (tertiary/aromatic N) is 3. The van der Waals surface area contributed by atoms with Crippen LogP contribution in [0, 0.1) is 6.92 Å². The molecule has 0 saturated carbocycles. The molecular weight excluding hydrogens is 358 g/mol. The molecule has 2 aliphatic heterocycles. The smallest absolute Gasteiger partial charge is 0.367 e. The molecule has 0 saturated heterocycles.